The second-order valence-electron chi connectivity index (χ2n) is 5.83. The molecule has 0 bridgehead atoms. The number of carbonyl (C=O) groups is 2. The van der Waals surface area contributed by atoms with Crippen LogP contribution < -0.4 is 32.6 Å². The van der Waals surface area contributed by atoms with E-state index in [1.165, 1.54) is 50.0 Å². The van der Waals surface area contributed by atoms with Gasteiger partial charge in [0.05, 0.1) is 6.54 Å². The largest absolute Gasteiger partial charge is 0.457 e. The number of aryl methyl sites for hydroxylation is 1. The van der Waals surface area contributed by atoms with Crippen LogP contribution >= 0.6 is 0 Å². The molecule has 0 aliphatic carbocycles. The lowest BCUT2D eigenvalue weighted by molar-refractivity contribution is -0.107. The van der Waals surface area contributed by atoms with Crippen LogP contribution in [0.4, 0.5) is 4.39 Å². The lowest BCUT2D eigenvalue weighted by Crippen LogP contribution is -2.07. The van der Waals surface area contributed by atoms with Crippen LogP contribution in [0.1, 0.15) is 18.4 Å². The number of unbranched alkanes of at least 4 members (excludes halogenated alkanes) is 1. The quantitative estimate of drug-likeness (QED) is 0.276. The Labute approximate surface area is 190 Å². The molecule has 0 fully saturated rings. The molecule has 0 aliphatic heterocycles. The van der Waals surface area contributed by atoms with Gasteiger partial charge < -0.3 is 37.4 Å². The van der Waals surface area contributed by atoms with Crippen molar-refractivity contribution >= 4 is 12.7 Å². The second kappa shape index (κ2) is 23.8. The number of nitrogens with two attached hydrogens (primary N) is 3. The Morgan fingerprint density at radius 2 is 1.47 bits per heavy atom. The molecule has 8 N–H and O–H groups in total. The van der Waals surface area contributed by atoms with Gasteiger partial charge in [0.1, 0.15) is 23.6 Å². The first-order valence-corrected chi connectivity index (χ1v) is 10.0. The van der Waals surface area contributed by atoms with Crippen molar-refractivity contribution in [2.75, 3.05) is 27.2 Å². The number of primary amides is 1. The highest BCUT2D eigenvalue weighted by Gasteiger charge is 1.99. The van der Waals surface area contributed by atoms with Gasteiger partial charge in [-0.2, -0.15) is 0 Å². The Hall–Kier alpha value is -3.43. The smallest absolute Gasteiger partial charge is 0.204 e. The minimum atomic E-state index is -0.255. The number of aldehydes is 1. The predicted octanol–water partition coefficient (Wildman–Crippen LogP) is 2.04. The van der Waals surface area contributed by atoms with E-state index >= 15 is 0 Å². The summed E-state index contributed by atoms with van der Waals surface area (Å²) in [5, 5.41) is 5.76. The predicted molar refractivity (Wildman–Crippen MR) is 128 cm³/mol. The van der Waals surface area contributed by atoms with Crippen molar-refractivity contribution in [1.29, 1.82) is 0 Å². The van der Waals surface area contributed by atoms with Gasteiger partial charge in [0.25, 0.3) is 0 Å². The summed E-state index contributed by atoms with van der Waals surface area (Å²) in [4.78, 5) is 18.1. The van der Waals surface area contributed by atoms with E-state index in [4.69, 9.17) is 15.3 Å². The zero-order chi connectivity index (χ0) is 24.5. The summed E-state index contributed by atoms with van der Waals surface area (Å²) in [5.74, 6) is 1.16. The van der Waals surface area contributed by atoms with Crippen molar-refractivity contribution in [3.8, 4) is 11.5 Å². The van der Waals surface area contributed by atoms with Crippen LogP contribution in [0.15, 0.2) is 60.9 Å². The molecule has 178 valence electrons. The number of nitrogens with one attached hydrogen (secondary N) is 2. The highest BCUT2D eigenvalue weighted by Crippen LogP contribution is 2.22. The van der Waals surface area contributed by atoms with E-state index in [0.29, 0.717) is 12.3 Å². The van der Waals surface area contributed by atoms with Crippen molar-refractivity contribution in [1.82, 2.24) is 10.6 Å². The molecule has 0 saturated carbocycles. The summed E-state index contributed by atoms with van der Waals surface area (Å²) in [7, 11) is 3.47. The number of benzene rings is 2. The van der Waals surface area contributed by atoms with Crippen LogP contribution in [0.5, 0.6) is 11.5 Å². The molecule has 0 aliphatic rings. The van der Waals surface area contributed by atoms with Crippen molar-refractivity contribution in [2.45, 2.75) is 19.3 Å². The van der Waals surface area contributed by atoms with Gasteiger partial charge in [-0.05, 0) is 81.9 Å². The average molecular weight is 450 g/mol. The van der Waals surface area contributed by atoms with Crippen molar-refractivity contribution < 1.29 is 18.7 Å². The third kappa shape index (κ3) is 18.6. The Balaban J connectivity index is 0. The molecule has 0 heterocycles. The zero-order valence-electron chi connectivity index (χ0n) is 18.8. The average Bonchev–Trinajstić information content (AvgIpc) is 2.82. The highest BCUT2D eigenvalue weighted by atomic mass is 19.1. The molecule has 0 atom stereocenters. The van der Waals surface area contributed by atoms with Crippen LogP contribution in [0.2, 0.25) is 0 Å². The van der Waals surface area contributed by atoms with E-state index in [1.807, 2.05) is 19.2 Å². The van der Waals surface area contributed by atoms with Crippen LogP contribution in [0, 0.1) is 5.82 Å². The minimum Gasteiger partial charge on any atom is -0.457 e. The molecule has 2 aromatic rings. The van der Waals surface area contributed by atoms with Crippen LogP contribution in [0.3, 0.4) is 0 Å². The maximum Gasteiger partial charge on any atom is 0.204 e. The maximum atomic E-state index is 12.8. The third-order valence-corrected chi connectivity index (χ3v) is 3.53. The van der Waals surface area contributed by atoms with Crippen molar-refractivity contribution in [2.24, 2.45) is 17.2 Å². The van der Waals surface area contributed by atoms with E-state index in [0.717, 1.165) is 25.0 Å². The van der Waals surface area contributed by atoms with E-state index in [9.17, 15) is 9.18 Å². The second-order valence-corrected chi connectivity index (χ2v) is 5.83. The lowest BCUT2D eigenvalue weighted by atomic mass is 10.1. The molecule has 0 spiro atoms. The lowest BCUT2D eigenvalue weighted by Gasteiger charge is -2.07. The van der Waals surface area contributed by atoms with Gasteiger partial charge in [0.2, 0.25) is 6.41 Å². The molecule has 32 heavy (non-hydrogen) atoms. The van der Waals surface area contributed by atoms with Crippen LogP contribution in [-0.4, -0.2) is 39.9 Å². The van der Waals surface area contributed by atoms with Gasteiger partial charge in [-0.1, -0.05) is 12.1 Å². The first kappa shape index (κ1) is 30.8. The number of rotatable bonds is 10. The third-order valence-electron chi connectivity index (χ3n) is 3.53. The summed E-state index contributed by atoms with van der Waals surface area (Å²) in [6.45, 7) is 1.39. The molecule has 0 unspecified atom stereocenters. The van der Waals surface area contributed by atoms with Gasteiger partial charge in [0, 0.05) is 12.4 Å². The highest BCUT2D eigenvalue weighted by molar-refractivity contribution is 5.52. The molecule has 2 aromatic carbocycles. The fourth-order valence-corrected chi connectivity index (χ4v) is 2.18. The number of carbonyl (C=O) groups excluding carboxylic acids is 2. The van der Waals surface area contributed by atoms with Gasteiger partial charge in [0.15, 0.2) is 0 Å². The van der Waals surface area contributed by atoms with Crippen LogP contribution in [0.25, 0.3) is 0 Å². The van der Waals surface area contributed by atoms with E-state index in [-0.39, 0.29) is 12.2 Å². The Morgan fingerprint density at radius 3 is 1.94 bits per heavy atom. The molecule has 1 amide bonds. The maximum absolute atomic E-state index is 12.8. The topological polar surface area (TPSA) is 145 Å². The number of amides is 1. The normalized spacial score (nSPS) is 9.12. The number of hydrogen-bond donors (Lipinski definition) is 5. The first-order chi connectivity index (χ1) is 15.6. The Bertz CT molecular complexity index is 711. The fourth-order valence-electron chi connectivity index (χ4n) is 2.18. The summed E-state index contributed by atoms with van der Waals surface area (Å²) in [6, 6.07) is 14.1. The van der Waals surface area contributed by atoms with E-state index in [2.05, 4.69) is 34.2 Å². The molecule has 9 heteroatoms. The van der Waals surface area contributed by atoms with Crippen molar-refractivity contribution in [3.63, 3.8) is 0 Å². The Morgan fingerprint density at radius 1 is 0.938 bits per heavy atom. The molecule has 0 radical (unpaired) electrons. The molecule has 2 rings (SSSR count). The molecule has 0 saturated heterocycles. The summed E-state index contributed by atoms with van der Waals surface area (Å²) in [6.07, 6.45) is 7.31. The number of halogens is 1. The number of hydrogen-bond acceptors (Lipinski definition) is 7. The van der Waals surface area contributed by atoms with Gasteiger partial charge >= 0.3 is 0 Å². The van der Waals surface area contributed by atoms with Crippen molar-refractivity contribution in [3.05, 3.63) is 72.3 Å². The molecular formula is C23H36FN5O3. The monoisotopic (exact) mass is 449 g/mol. The summed E-state index contributed by atoms with van der Waals surface area (Å²) < 4.78 is 18.4. The minimum absolute atomic E-state index is 0.250. The van der Waals surface area contributed by atoms with Gasteiger partial charge in [-0.25, -0.2) is 4.39 Å². The molecule has 8 nitrogen and oxygen atoms in total. The van der Waals surface area contributed by atoms with Gasteiger partial charge in [-0.15, -0.1) is 0 Å². The van der Waals surface area contributed by atoms with E-state index < -0.39 is 0 Å². The summed E-state index contributed by atoms with van der Waals surface area (Å²) >= 11 is 0. The first-order valence-electron chi connectivity index (χ1n) is 10.0. The van der Waals surface area contributed by atoms with E-state index in [1.54, 1.807) is 12.1 Å². The fraction of sp³-hybridized carbons (Fsp3) is 0.304. The SMILES string of the molecule is CN.CNCCCCc1ccc(Oc2ccc(F)cc2)cc1.N/C=C\NCC=O.NC=O. The summed E-state index contributed by atoms with van der Waals surface area (Å²) in [5.41, 5.74) is 14.9. The molecule has 0 aromatic heterocycles. The number of ether oxygens (including phenoxy) is 1. The van der Waals surface area contributed by atoms with Gasteiger partial charge in [-0.3, -0.25) is 4.79 Å². The van der Waals surface area contributed by atoms with Crippen LogP contribution in [-0.2, 0) is 16.0 Å². The molecular weight excluding hydrogens is 413 g/mol. The standard InChI is InChI=1S/C17H20FNO.C4H8N2O.CH3NO.CH5N/c1-19-13-3-2-4-14-5-9-16(10-6-14)20-17-11-7-15(18)8-12-17;5-1-2-6-3-4-7;2-1-3;1-2/h5-12,19H,2-4,13H2,1H3;1-2,4,6H,3,5H2;1H,(H2,2,3);2H2,1H3/b;2-1-;;. The Kier molecular flexibility index (Phi) is 22.9. The zero-order valence-corrected chi connectivity index (χ0v) is 18.8.